The molecule has 7 nitrogen and oxygen atoms in total. The van der Waals surface area contributed by atoms with Crippen molar-refractivity contribution in [1.82, 2.24) is 25.0 Å². The highest BCUT2D eigenvalue weighted by molar-refractivity contribution is 5.76. The van der Waals surface area contributed by atoms with Crippen LogP contribution in [0.3, 0.4) is 0 Å². The van der Waals surface area contributed by atoms with E-state index in [0.717, 1.165) is 40.4 Å². The predicted molar refractivity (Wildman–Crippen MR) is 88.3 cm³/mol. The first-order valence-corrected chi connectivity index (χ1v) is 7.88. The van der Waals surface area contributed by atoms with E-state index < -0.39 is 0 Å². The molecule has 0 saturated carbocycles. The molecule has 122 valence electrons. The Morgan fingerprint density at radius 1 is 1.33 bits per heavy atom. The summed E-state index contributed by atoms with van der Waals surface area (Å²) < 4.78 is 7.39. The van der Waals surface area contributed by atoms with E-state index in [1.165, 1.54) is 0 Å². The van der Waals surface area contributed by atoms with Gasteiger partial charge in [-0.15, -0.1) is 5.10 Å². The van der Waals surface area contributed by atoms with Gasteiger partial charge in [0.1, 0.15) is 11.5 Å². The van der Waals surface area contributed by atoms with Crippen molar-refractivity contribution >= 4 is 5.57 Å². The number of hydrogen-bond donors (Lipinski definition) is 1. The SMILES string of the molecule is CCc1cc(Cn2nnc3c2CN(N)C=C3c2ccco2)ccn1. The average molecular weight is 322 g/mol. The van der Waals surface area contributed by atoms with Gasteiger partial charge in [0.05, 0.1) is 30.6 Å². The quantitative estimate of drug-likeness (QED) is 0.739. The summed E-state index contributed by atoms with van der Waals surface area (Å²) in [6.45, 7) is 3.28. The van der Waals surface area contributed by atoms with Crippen LogP contribution in [0.5, 0.6) is 0 Å². The van der Waals surface area contributed by atoms with E-state index in [4.69, 9.17) is 10.3 Å². The van der Waals surface area contributed by atoms with E-state index in [0.29, 0.717) is 13.1 Å². The van der Waals surface area contributed by atoms with Crippen LogP contribution in [0.1, 0.15) is 35.3 Å². The summed E-state index contributed by atoms with van der Waals surface area (Å²) in [6, 6.07) is 7.84. The Bertz CT molecular complexity index is 880. The van der Waals surface area contributed by atoms with Gasteiger partial charge in [0.15, 0.2) is 0 Å². The number of rotatable bonds is 4. The van der Waals surface area contributed by atoms with Gasteiger partial charge in [0.25, 0.3) is 0 Å². The van der Waals surface area contributed by atoms with Gasteiger partial charge in [0, 0.05) is 18.1 Å². The normalized spacial score (nSPS) is 13.8. The van der Waals surface area contributed by atoms with E-state index in [-0.39, 0.29) is 0 Å². The molecule has 24 heavy (non-hydrogen) atoms. The zero-order chi connectivity index (χ0) is 16.5. The molecule has 0 aromatic carbocycles. The maximum absolute atomic E-state index is 6.05. The second kappa shape index (κ2) is 5.93. The van der Waals surface area contributed by atoms with Gasteiger partial charge in [-0.2, -0.15) is 0 Å². The number of aryl methyl sites for hydroxylation is 1. The largest absolute Gasteiger partial charge is 0.464 e. The van der Waals surface area contributed by atoms with Crippen LogP contribution in [-0.2, 0) is 19.5 Å². The predicted octanol–water partition coefficient (Wildman–Crippen LogP) is 1.96. The number of hydrazine groups is 1. The molecule has 0 spiro atoms. The molecule has 0 amide bonds. The Hall–Kier alpha value is -2.93. The summed E-state index contributed by atoms with van der Waals surface area (Å²) in [5.41, 5.74) is 4.85. The molecule has 0 radical (unpaired) electrons. The summed E-state index contributed by atoms with van der Waals surface area (Å²) in [7, 11) is 0. The molecule has 0 saturated heterocycles. The number of nitrogens with two attached hydrogens (primary N) is 1. The van der Waals surface area contributed by atoms with E-state index in [1.54, 1.807) is 11.3 Å². The second-order valence-electron chi connectivity index (χ2n) is 5.74. The Labute approximate surface area is 139 Å². The lowest BCUT2D eigenvalue weighted by molar-refractivity contribution is 0.365. The Kier molecular flexibility index (Phi) is 3.62. The van der Waals surface area contributed by atoms with Gasteiger partial charge in [-0.3, -0.25) is 4.98 Å². The lowest BCUT2D eigenvalue weighted by atomic mass is 10.1. The van der Waals surface area contributed by atoms with Crippen LogP contribution >= 0.6 is 0 Å². The summed E-state index contributed by atoms with van der Waals surface area (Å²) in [5.74, 6) is 6.78. The number of nitrogens with zero attached hydrogens (tertiary/aromatic N) is 5. The monoisotopic (exact) mass is 322 g/mol. The average Bonchev–Trinajstić information content (AvgIpc) is 3.25. The smallest absolute Gasteiger partial charge is 0.137 e. The zero-order valence-electron chi connectivity index (χ0n) is 13.4. The van der Waals surface area contributed by atoms with E-state index >= 15 is 0 Å². The number of aromatic nitrogens is 4. The fourth-order valence-corrected chi connectivity index (χ4v) is 2.88. The van der Waals surface area contributed by atoms with Crippen LogP contribution in [0.4, 0.5) is 0 Å². The summed E-state index contributed by atoms with van der Waals surface area (Å²) in [5, 5.41) is 10.3. The molecule has 4 rings (SSSR count). The van der Waals surface area contributed by atoms with Crippen LogP contribution in [0.15, 0.2) is 47.3 Å². The molecule has 1 aliphatic rings. The Morgan fingerprint density at radius 3 is 3.04 bits per heavy atom. The fraction of sp³-hybridized carbons (Fsp3) is 0.235. The summed E-state index contributed by atoms with van der Waals surface area (Å²) in [6.07, 6.45) is 6.22. The number of fused-ring (bicyclic) bond motifs is 1. The molecular weight excluding hydrogens is 304 g/mol. The van der Waals surface area contributed by atoms with Crippen LogP contribution < -0.4 is 5.84 Å². The van der Waals surface area contributed by atoms with Crippen LogP contribution in [-0.4, -0.2) is 25.0 Å². The Morgan fingerprint density at radius 2 is 2.25 bits per heavy atom. The number of furan rings is 1. The minimum absolute atomic E-state index is 0.554. The van der Waals surface area contributed by atoms with E-state index in [9.17, 15) is 0 Å². The molecule has 0 unspecified atom stereocenters. The maximum Gasteiger partial charge on any atom is 0.137 e. The van der Waals surface area contributed by atoms with Crippen LogP contribution in [0, 0.1) is 0 Å². The van der Waals surface area contributed by atoms with Crippen molar-refractivity contribution in [2.45, 2.75) is 26.4 Å². The van der Waals surface area contributed by atoms with E-state index in [2.05, 4.69) is 28.3 Å². The third-order valence-electron chi connectivity index (χ3n) is 4.08. The first-order chi connectivity index (χ1) is 11.7. The van der Waals surface area contributed by atoms with Crippen LogP contribution in [0.2, 0.25) is 0 Å². The molecule has 0 bridgehead atoms. The molecule has 3 aromatic rings. The van der Waals surface area contributed by atoms with Crippen molar-refractivity contribution in [2.75, 3.05) is 0 Å². The van der Waals surface area contributed by atoms with Crippen molar-refractivity contribution in [3.63, 3.8) is 0 Å². The van der Waals surface area contributed by atoms with Gasteiger partial charge >= 0.3 is 0 Å². The molecule has 0 atom stereocenters. The molecule has 1 aliphatic heterocycles. The van der Waals surface area contributed by atoms with E-state index in [1.807, 2.05) is 35.3 Å². The molecule has 4 heterocycles. The molecule has 3 aromatic heterocycles. The first-order valence-electron chi connectivity index (χ1n) is 7.88. The summed E-state index contributed by atoms with van der Waals surface area (Å²) >= 11 is 0. The summed E-state index contributed by atoms with van der Waals surface area (Å²) in [4.78, 5) is 4.34. The highest BCUT2D eigenvalue weighted by Crippen LogP contribution is 2.29. The van der Waals surface area contributed by atoms with Crippen LogP contribution in [0.25, 0.3) is 5.57 Å². The third-order valence-corrected chi connectivity index (χ3v) is 4.08. The zero-order valence-corrected chi connectivity index (χ0v) is 13.4. The van der Waals surface area contributed by atoms with Crippen molar-refractivity contribution < 1.29 is 4.42 Å². The second-order valence-corrected chi connectivity index (χ2v) is 5.74. The van der Waals surface area contributed by atoms with Crippen molar-refractivity contribution in [1.29, 1.82) is 0 Å². The topological polar surface area (TPSA) is 86.0 Å². The van der Waals surface area contributed by atoms with Crippen molar-refractivity contribution in [2.24, 2.45) is 5.84 Å². The third kappa shape index (κ3) is 2.59. The lowest BCUT2D eigenvalue weighted by Crippen LogP contribution is -2.29. The highest BCUT2D eigenvalue weighted by Gasteiger charge is 2.25. The highest BCUT2D eigenvalue weighted by atomic mass is 16.3. The molecular formula is C17H18N6O. The van der Waals surface area contributed by atoms with Gasteiger partial charge in [-0.05, 0) is 36.2 Å². The molecule has 0 aliphatic carbocycles. The maximum atomic E-state index is 6.05. The van der Waals surface area contributed by atoms with Crippen molar-refractivity contribution in [3.05, 3.63) is 71.3 Å². The molecule has 0 fully saturated rings. The first kappa shape index (κ1) is 14.6. The lowest BCUT2D eigenvalue weighted by Gasteiger charge is -2.21. The van der Waals surface area contributed by atoms with Gasteiger partial charge in [-0.25, -0.2) is 10.5 Å². The standard InChI is InChI=1S/C17H18N6O/c1-2-13-8-12(5-6-19-13)9-23-15-11-22(18)10-14(17(15)20-21-23)16-4-3-7-24-16/h3-8,10H,2,9,11,18H2,1H3. The molecule has 7 heteroatoms. The van der Waals surface area contributed by atoms with Gasteiger partial charge in [-0.1, -0.05) is 12.1 Å². The number of hydrogen-bond acceptors (Lipinski definition) is 6. The van der Waals surface area contributed by atoms with Gasteiger partial charge < -0.3 is 9.43 Å². The molecule has 2 N–H and O–H groups in total. The minimum atomic E-state index is 0.554. The Balaban J connectivity index is 1.69. The van der Waals surface area contributed by atoms with Crippen molar-refractivity contribution in [3.8, 4) is 0 Å². The minimum Gasteiger partial charge on any atom is -0.464 e. The fourth-order valence-electron chi connectivity index (χ4n) is 2.88. The van der Waals surface area contributed by atoms with Gasteiger partial charge in [0.2, 0.25) is 0 Å². The number of pyridine rings is 1.